The predicted octanol–water partition coefficient (Wildman–Crippen LogP) is 1.72. The SMILES string of the molecule is CC(C)(NC(=O)c1ccnc(N)c1F)C1CC1. The van der Waals surface area contributed by atoms with Crippen LogP contribution < -0.4 is 11.1 Å². The van der Waals surface area contributed by atoms with Crippen LogP contribution in [0.15, 0.2) is 12.3 Å². The number of nitrogen functional groups attached to an aromatic ring is 1. The van der Waals surface area contributed by atoms with Crippen LogP contribution in [0.1, 0.15) is 37.0 Å². The molecular weight excluding hydrogens is 221 g/mol. The first-order valence-electron chi connectivity index (χ1n) is 5.64. The largest absolute Gasteiger partial charge is 0.381 e. The van der Waals surface area contributed by atoms with Crippen molar-refractivity contribution < 1.29 is 9.18 Å². The number of halogens is 1. The lowest BCUT2D eigenvalue weighted by Gasteiger charge is -2.26. The summed E-state index contributed by atoms with van der Waals surface area (Å²) in [6, 6.07) is 1.34. The molecule has 5 heteroatoms. The molecule has 0 saturated heterocycles. The summed E-state index contributed by atoms with van der Waals surface area (Å²) in [5.74, 6) is -0.958. The Bertz CT molecular complexity index is 455. The van der Waals surface area contributed by atoms with Gasteiger partial charge >= 0.3 is 0 Å². The van der Waals surface area contributed by atoms with Crippen molar-refractivity contribution in [1.29, 1.82) is 0 Å². The molecule has 0 radical (unpaired) electrons. The van der Waals surface area contributed by atoms with E-state index >= 15 is 0 Å². The van der Waals surface area contributed by atoms with Crippen LogP contribution in [0.4, 0.5) is 10.2 Å². The Balaban J connectivity index is 2.17. The maximum atomic E-state index is 13.6. The van der Waals surface area contributed by atoms with Gasteiger partial charge in [-0.2, -0.15) is 0 Å². The summed E-state index contributed by atoms with van der Waals surface area (Å²) in [6.45, 7) is 3.90. The lowest BCUT2D eigenvalue weighted by Crippen LogP contribution is -2.45. The topological polar surface area (TPSA) is 68.0 Å². The second kappa shape index (κ2) is 3.98. The molecule has 1 aliphatic carbocycles. The predicted molar refractivity (Wildman–Crippen MR) is 62.9 cm³/mol. The van der Waals surface area contributed by atoms with Gasteiger partial charge in [0.1, 0.15) is 0 Å². The van der Waals surface area contributed by atoms with E-state index in [0.717, 1.165) is 12.8 Å². The molecule has 17 heavy (non-hydrogen) atoms. The van der Waals surface area contributed by atoms with Crippen molar-refractivity contribution in [3.63, 3.8) is 0 Å². The first-order valence-corrected chi connectivity index (χ1v) is 5.64. The number of nitrogens with one attached hydrogen (secondary N) is 1. The van der Waals surface area contributed by atoms with E-state index in [4.69, 9.17) is 5.73 Å². The third-order valence-electron chi connectivity index (χ3n) is 3.19. The standard InChI is InChI=1S/C12H16FN3O/c1-12(2,7-3-4-7)16-11(17)8-5-6-15-10(14)9(8)13/h5-7H,3-4H2,1-2H3,(H2,14,15)(H,16,17). The fourth-order valence-electron chi connectivity index (χ4n) is 1.90. The third-order valence-corrected chi connectivity index (χ3v) is 3.19. The highest BCUT2D eigenvalue weighted by Crippen LogP contribution is 2.39. The normalized spacial score (nSPS) is 15.7. The van der Waals surface area contributed by atoms with E-state index in [1.165, 1.54) is 12.3 Å². The maximum Gasteiger partial charge on any atom is 0.254 e. The number of rotatable bonds is 3. The minimum absolute atomic E-state index is 0.0498. The molecule has 1 fully saturated rings. The van der Waals surface area contributed by atoms with Crippen LogP contribution in [0, 0.1) is 11.7 Å². The Hall–Kier alpha value is -1.65. The van der Waals surface area contributed by atoms with E-state index in [1.54, 1.807) is 0 Å². The lowest BCUT2D eigenvalue weighted by molar-refractivity contribution is 0.0899. The minimum atomic E-state index is -0.753. The van der Waals surface area contributed by atoms with Crippen LogP contribution in [-0.4, -0.2) is 16.4 Å². The average Bonchev–Trinajstić information content (AvgIpc) is 3.04. The van der Waals surface area contributed by atoms with Gasteiger partial charge in [-0.05, 0) is 38.7 Å². The van der Waals surface area contributed by atoms with E-state index in [0.29, 0.717) is 5.92 Å². The lowest BCUT2D eigenvalue weighted by atomic mass is 9.98. The number of anilines is 1. The molecule has 1 amide bonds. The van der Waals surface area contributed by atoms with Crippen LogP contribution in [0.2, 0.25) is 0 Å². The molecule has 0 bridgehead atoms. The van der Waals surface area contributed by atoms with Crippen molar-refractivity contribution in [3.05, 3.63) is 23.6 Å². The molecule has 1 aliphatic rings. The van der Waals surface area contributed by atoms with Crippen molar-refractivity contribution >= 4 is 11.7 Å². The van der Waals surface area contributed by atoms with Gasteiger partial charge in [-0.3, -0.25) is 4.79 Å². The number of aromatic nitrogens is 1. The fraction of sp³-hybridized carbons (Fsp3) is 0.500. The molecule has 0 aromatic carbocycles. The Morgan fingerprint density at radius 1 is 1.59 bits per heavy atom. The smallest absolute Gasteiger partial charge is 0.254 e. The summed E-state index contributed by atoms with van der Waals surface area (Å²) >= 11 is 0. The van der Waals surface area contributed by atoms with E-state index in [-0.39, 0.29) is 16.9 Å². The van der Waals surface area contributed by atoms with Gasteiger partial charge < -0.3 is 11.1 Å². The molecule has 0 unspecified atom stereocenters. The molecule has 92 valence electrons. The zero-order valence-corrected chi connectivity index (χ0v) is 9.96. The minimum Gasteiger partial charge on any atom is -0.381 e. The summed E-state index contributed by atoms with van der Waals surface area (Å²) < 4.78 is 13.6. The Morgan fingerprint density at radius 3 is 2.82 bits per heavy atom. The summed E-state index contributed by atoms with van der Waals surface area (Å²) in [5, 5.41) is 2.84. The van der Waals surface area contributed by atoms with E-state index in [9.17, 15) is 9.18 Å². The Morgan fingerprint density at radius 2 is 2.24 bits per heavy atom. The van der Waals surface area contributed by atoms with E-state index in [2.05, 4.69) is 10.3 Å². The number of amides is 1. The van der Waals surface area contributed by atoms with Gasteiger partial charge in [-0.25, -0.2) is 9.37 Å². The average molecular weight is 237 g/mol. The molecule has 3 N–H and O–H groups in total. The number of hydrogen-bond donors (Lipinski definition) is 2. The summed E-state index contributed by atoms with van der Waals surface area (Å²) in [5.41, 5.74) is 4.97. The summed E-state index contributed by atoms with van der Waals surface area (Å²) in [4.78, 5) is 15.5. The van der Waals surface area contributed by atoms with Crippen molar-refractivity contribution in [2.45, 2.75) is 32.2 Å². The first kappa shape index (κ1) is 11.8. The molecule has 0 spiro atoms. The van der Waals surface area contributed by atoms with Crippen LogP contribution in [0.3, 0.4) is 0 Å². The number of carbonyl (C=O) groups excluding carboxylic acids is 1. The highest BCUT2D eigenvalue weighted by atomic mass is 19.1. The molecule has 2 rings (SSSR count). The van der Waals surface area contributed by atoms with Gasteiger partial charge in [0, 0.05) is 11.7 Å². The van der Waals surface area contributed by atoms with Crippen LogP contribution in [0.5, 0.6) is 0 Å². The van der Waals surface area contributed by atoms with Gasteiger partial charge in [0.05, 0.1) is 5.56 Å². The Labute approximate surface area is 99.4 Å². The molecule has 1 aromatic rings. The van der Waals surface area contributed by atoms with Gasteiger partial charge in [-0.1, -0.05) is 0 Å². The number of nitrogens with zero attached hydrogens (tertiary/aromatic N) is 1. The highest BCUT2D eigenvalue weighted by molar-refractivity contribution is 5.95. The number of carbonyl (C=O) groups is 1. The van der Waals surface area contributed by atoms with Crippen LogP contribution >= 0.6 is 0 Å². The first-order chi connectivity index (χ1) is 7.92. The molecule has 1 aromatic heterocycles. The quantitative estimate of drug-likeness (QED) is 0.841. The fourth-order valence-corrected chi connectivity index (χ4v) is 1.90. The number of pyridine rings is 1. The van der Waals surface area contributed by atoms with Crippen LogP contribution in [0.25, 0.3) is 0 Å². The van der Waals surface area contributed by atoms with Gasteiger partial charge in [0.25, 0.3) is 5.91 Å². The van der Waals surface area contributed by atoms with Gasteiger partial charge in [0.15, 0.2) is 11.6 Å². The van der Waals surface area contributed by atoms with E-state index < -0.39 is 11.7 Å². The molecule has 1 saturated carbocycles. The molecule has 4 nitrogen and oxygen atoms in total. The van der Waals surface area contributed by atoms with Crippen LogP contribution in [-0.2, 0) is 0 Å². The zero-order chi connectivity index (χ0) is 12.6. The maximum absolute atomic E-state index is 13.6. The second-order valence-electron chi connectivity index (χ2n) is 5.01. The zero-order valence-electron chi connectivity index (χ0n) is 9.96. The second-order valence-corrected chi connectivity index (χ2v) is 5.01. The van der Waals surface area contributed by atoms with Gasteiger partial charge in [0.2, 0.25) is 0 Å². The molecular formula is C12H16FN3O. The van der Waals surface area contributed by atoms with Gasteiger partial charge in [-0.15, -0.1) is 0 Å². The number of hydrogen-bond acceptors (Lipinski definition) is 3. The molecule has 1 heterocycles. The third kappa shape index (κ3) is 2.38. The summed E-state index contributed by atoms with van der Waals surface area (Å²) in [7, 11) is 0. The van der Waals surface area contributed by atoms with Crippen molar-refractivity contribution in [1.82, 2.24) is 10.3 Å². The molecule has 0 aliphatic heterocycles. The Kier molecular flexibility index (Phi) is 2.77. The van der Waals surface area contributed by atoms with E-state index in [1.807, 2.05) is 13.8 Å². The monoisotopic (exact) mass is 237 g/mol. The highest BCUT2D eigenvalue weighted by Gasteiger charge is 2.39. The van der Waals surface area contributed by atoms with Crippen molar-refractivity contribution in [3.8, 4) is 0 Å². The van der Waals surface area contributed by atoms with Crippen molar-refractivity contribution in [2.24, 2.45) is 5.92 Å². The molecule has 0 atom stereocenters. The summed E-state index contributed by atoms with van der Waals surface area (Å²) in [6.07, 6.45) is 3.54. The number of nitrogens with two attached hydrogens (primary N) is 1. The van der Waals surface area contributed by atoms with Crippen molar-refractivity contribution in [2.75, 3.05) is 5.73 Å².